The van der Waals surface area contributed by atoms with Gasteiger partial charge in [-0.15, -0.1) is 10.2 Å². The molecule has 0 fully saturated rings. The molecule has 0 spiro atoms. The standard InChI is InChI=1S/C20H12ClN7O2/c21-14-5-3-12(4-6-14)15-11-23-28-16-7-9-27(20(30)17(16)24-25-18(15)28)26-19(29)13-2-1-8-22-10-13/h1-11H,(H,26,29). The van der Waals surface area contributed by atoms with Crippen molar-refractivity contribution in [1.29, 1.82) is 0 Å². The summed E-state index contributed by atoms with van der Waals surface area (Å²) in [6, 6.07) is 12.1. The largest absolute Gasteiger partial charge is 0.299 e. The van der Waals surface area contributed by atoms with Gasteiger partial charge in [0.25, 0.3) is 11.5 Å². The second kappa shape index (κ2) is 7.05. The Balaban J connectivity index is 1.58. The number of hydrogen-bond donors (Lipinski definition) is 1. The Morgan fingerprint density at radius 2 is 1.87 bits per heavy atom. The summed E-state index contributed by atoms with van der Waals surface area (Å²) < 4.78 is 2.60. The molecule has 30 heavy (non-hydrogen) atoms. The van der Waals surface area contributed by atoms with Crippen LogP contribution in [0.4, 0.5) is 0 Å². The number of benzene rings is 1. The number of halogens is 1. The summed E-state index contributed by atoms with van der Waals surface area (Å²) in [6.07, 6.45) is 6.07. The minimum absolute atomic E-state index is 0.0715. The van der Waals surface area contributed by atoms with Crippen molar-refractivity contribution in [2.75, 3.05) is 5.43 Å². The molecular formula is C20H12ClN7O2. The Labute approximate surface area is 173 Å². The van der Waals surface area contributed by atoms with Crippen LogP contribution in [0.25, 0.3) is 27.8 Å². The van der Waals surface area contributed by atoms with Gasteiger partial charge in [-0.25, -0.2) is 9.19 Å². The monoisotopic (exact) mass is 417 g/mol. The molecule has 0 saturated heterocycles. The van der Waals surface area contributed by atoms with Crippen molar-refractivity contribution in [3.05, 3.63) is 88.2 Å². The molecule has 0 bridgehead atoms. The highest BCUT2D eigenvalue weighted by molar-refractivity contribution is 6.30. The van der Waals surface area contributed by atoms with Gasteiger partial charge in [0.1, 0.15) is 5.52 Å². The average molecular weight is 418 g/mol. The summed E-state index contributed by atoms with van der Waals surface area (Å²) in [5, 5.41) is 13.3. The van der Waals surface area contributed by atoms with Crippen LogP contribution >= 0.6 is 11.6 Å². The van der Waals surface area contributed by atoms with Crippen LogP contribution in [0.5, 0.6) is 0 Å². The molecule has 9 nitrogen and oxygen atoms in total. The molecule has 10 heteroatoms. The van der Waals surface area contributed by atoms with E-state index in [2.05, 4.69) is 25.7 Å². The quantitative estimate of drug-likeness (QED) is 0.483. The maximum Gasteiger partial charge on any atom is 0.299 e. The van der Waals surface area contributed by atoms with Crippen LogP contribution in [0.2, 0.25) is 5.02 Å². The number of amides is 1. The predicted molar refractivity (Wildman–Crippen MR) is 111 cm³/mol. The maximum absolute atomic E-state index is 12.8. The molecule has 1 aromatic carbocycles. The number of pyridine rings is 2. The summed E-state index contributed by atoms with van der Waals surface area (Å²) in [6.45, 7) is 0. The van der Waals surface area contributed by atoms with E-state index in [1.165, 1.54) is 12.4 Å². The van der Waals surface area contributed by atoms with Gasteiger partial charge >= 0.3 is 0 Å². The number of aromatic nitrogens is 6. The highest BCUT2D eigenvalue weighted by atomic mass is 35.5. The normalized spacial score (nSPS) is 11.1. The molecule has 4 aromatic heterocycles. The van der Waals surface area contributed by atoms with Crippen LogP contribution in [-0.2, 0) is 0 Å². The lowest BCUT2D eigenvalue weighted by Gasteiger charge is -2.09. The van der Waals surface area contributed by atoms with Crippen molar-refractivity contribution in [3.63, 3.8) is 0 Å². The van der Waals surface area contributed by atoms with Crippen LogP contribution < -0.4 is 11.0 Å². The highest BCUT2D eigenvalue weighted by Crippen LogP contribution is 2.25. The van der Waals surface area contributed by atoms with Gasteiger partial charge < -0.3 is 0 Å². The lowest BCUT2D eigenvalue weighted by atomic mass is 10.1. The molecule has 1 amide bonds. The van der Waals surface area contributed by atoms with Gasteiger partial charge in [-0.1, -0.05) is 23.7 Å². The number of nitrogens with one attached hydrogen (secondary N) is 1. The highest BCUT2D eigenvalue weighted by Gasteiger charge is 2.15. The van der Waals surface area contributed by atoms with Gasteiger partial charge in [0, 0.05) is 29.2 Å². The molecule has 4 heterocycles. The second-order valence-corrected chi connectivity index (χ2v) is 6.84. The van der Waals surface area contributed by atoms with E-state index < -0.39 is 11.5 Å². The first kappa shape index (κ1) is 18.0. The summed E-state index contributed by atoms with van der Waals surface area (Å²) in [5.74, 6) is -0.470. The lowest BCUT2D eigenvalue weighted by Crippen LogP contribution is -2.33. The summed E-state index contributed by atoms with van der Waals surface area (Å²) >= 11 is 5.96. The van der Waals surface area contributed by atoms with E-state index in [0.29, 0.717) is 21.7 Å². The van der Waals surface area contributed by atoms with Gasteiger partial charge in [-0.3, -0.25) is 20.0 Å². The Kier molecular flexibility index (Phi) is 4.22. The molecule has 0 atom stereocenters. The molecule has 146 valence electrons. The third-order valence-corrected chi connectivity index (χ3v) is 4.82. The van der Waals surface area contributed by atoms with Crippen molar-refractivity contribution in [3.8, 4) is 11.1 Å². The van der Waals surface area contributed by atoms with Crippen molar-refractivity contribution >= 4 is 34.2 Å². The van der Waals surface area contributed by atoms with E-state index in [0.717, 1.165) is 15.8 Å². The van der Waals surface area contributed by atoms with E-state index in [1.807, 2.05) is 12.1 Å². The number of fused-ring (bicyclic) bond motifs is 3. The smallest absolute Gasteiger partial charge is 0.267 e. The van der Waals surface area contributed by atoms with E-state index in [9.17, 15) is 9.59 Å². The number of nitrogens with zero attached hydrogens (tertiary/aromatic N) is 6. The van der Waals surface area contributed by atoms with Crippen LogP contribution in [0.3, 0.4) is 0 Å². The fourth-order valence-electron chi connectivity index (χ4n) is 3.08. The molecule has 0 aliphatic rings. The summed E-state index contributed by atoms with van der Waals surface area (Å²) in [4.78, 5) is 29.0. The Morgan fingerprint density at radius 3 is 2.63 bits per heavy atom. The van der Waals surface area contributed by atoms with Gasteiger partial charge in [0.15, 0.2) is 11.2 Å². The van der Waals surface area contributed by atoms with Crippen molar-refractivity contribution in [2.45, 2.75) is 0 Å². The molecule has 0 saturated carbocycles. The number of carbonyl (C=O) groups excluding carboxylic acids is 1. The van der Waals surface area contributed by atoms with Crippen LogP contribution in [-0.4, -0.2) is 35.4 Å². The zero-order chi connectivity index (χ0) is 20.7. The van der Waals surface area contributed by atoms with Gasteiger partial charge in [0.2, 0.25) is 0 Å². The Hall–Kier alpha value is -4.11. The third-order valence-electron chi connectivity index (χ3n) is 4.56. The third kappa shape index (κ3) is 2.97. The molecule has 0 unspecified atom stereocenters. The summed E-state index contributed by atoms with van der Waals surface area (Å²) in [5.41, 5.74) is 4.99. The minimum Gasteiger partial charge on any atom is -0.267 e. The SMILES string of the molecule is O=C(Nn1ccc2c(nnc3c(-c4ccc(Cl)cc4)cnn32)c1=O)c1cccnc1. The fourth-order valence-corrected chi connectivity index (χ4v) is 3.21. The van der Waals surface area contributed by atoms with Crippen LogP contribution in [0.1, 0.15) is 10.4 Å². The Bertz CT molecular complexity index is 1460. The van der Waals surface area contributed by atoms with Crippen molar-refractivity contribution in [2.24, 2.45) is 0 Å². The molecule has 5 aromatic rings. The molecular weight excluding hydrogens is 406 g/mol. The van der Waals surface area contributed by atoms with Gasteiger partial charge in [0.05, 0.1) is 11.8 Å². The van der Waals surface area contributed by atoms with E-state index in [4.69, 9.17) is 11.6 Å². The van der Waals surface area contributed by atoms with Gasteiger partial charge in [-0.05, 0) is 35.9 Å². The average Bonchev–Trinajstić information content (AvgIpc) is 3.21. The van der Waals surface area contributed by atoms with Crippen LogP contribution in [0, 0.1) is 0 Å². The lowest BCUT2D eigenvalue weighted by molar-refractivity contribution is 0.101. The predicted octanol–water partition coefficient (Wildman–Crippen LogP) is 2.54. The summed E-state index contributed by atoms with van der Waals surface area (Å²) in [7, 11) is 0. The van der Waals surface area contributed by atoms with E-state index >= 15 is 0 Å². The van der Waals surface area contributed by atoms with Crippen molar-refractivity contribution in [1.82, 2.24) is 29.5 Å². The van der Waals surface area contributed by atoms with E-state index in [1.54, 1.807) is 47.2 Å². The first-order chi connectivity index (χ1) is 14.6. The molecule has 0 aliphatic carbocycles. The van der Waals surface area contributed by atoms with E-state index in [-0.39, 0.29) is 5.52 Å². The molecule has 0 radical (unpaired) electrons. The van der Waals surface area contributed by atoms with Crippen LogP contribution in [0.15, 0.2) is 72.0 Å². The second-order valence-electron chi connectivity index (χ2n) is 6.41. The number of rotatable bonds is 3. The molecule has 0 aliphatic heterocycles. The zero-order valence-corrected chi connectivity index (χ0v) is 16.0. The van der Waals surface area contributed by atoms with Crippen molar-refractivity contribution < 1.29 is 4.79 Å². The fraction of sp³-hybridized carbons (Fsp3) is 0. The zero-order valence-electron chi connectivity index (χ0n) is 15.2. The molecule has 1 N–H and O–H groups in total. The number of hydrogen-bond acceptors (Lipinski definition) is 6. The molecule has 5 rings (SSSR count). The first-order valence-corrected chi connectivity index (χ1v) is 9.23. The Morgan fingerprint density at radius 1 is 1.03 bits per heavy atom. The minimum atomic E-state index is -0.525. The topological polar surface area (TPSA) is 107 Å². The van der Waals surface area contributed by atoms with Gasteiger partial charge in [-0.2, -0.15) is 5.10 Å². The maximum atomic E-state index is 12.8. The number of carbonyl (C=O) groups is 1. The first-order valence-electron chi connectivity index (χ1n) is 8.85.